The largest absolute Gasteiger partial charge is 0.277 e. The molecule has 25 heavy (non-hydrogen) atoms. The van der Waals surface area contributed by atoms with Crippen LogP contribution in [0, 0.1) is 0 Å². The predicted molar refractivity (Wildman–Crippen MR) is 92.1 cm³/mol. The number of carbonyl (C=O) groups excluding carboxylic acids is 2. The van der Waals surface area contributed by atoms with Crippen molar-refractivity contribution in [2.75, 3.05) is 11.4 Å². The monoisotopic (exact) mass is 356 g/mol. The lowest BCUT2D eigenvalue weighted by Gasteiger charge is -2.24. The molecule has 0 N–H and O–H groups in total. The molecule has 128 valence electrons. The third-order valence-electron chi connectivity index (χ3n) is 4.76. The van der Waals surface area contributed by atoms with Crippen molar-refractivity contribution in [3.8, 4) is 0 Å². The fraction of sp³-hybridized carbons (Fsp3) is 0.222. The second-order valence-electron chi connectivity index (χ2n) is 6.36. The molecule has 2 aromatic rings. The first-order valence-electron chi connectivity index (χ1n) is 7.91. The number of amides is 2. The van der Waals surface area contributed by atoms with Crippen molar-refractivity contribution in [3.63, 3.8) is 0 Å². The average Bonchev–Trinajstić information content (AvgIpc) is 3.04. The molecule has 2 aromatic carbocycles. The standard InChI is InChI=1S/C18H16N2O4S/c1-11-9-12-5-3-4-6-16(12)20(11)25(23,24)13-7-8-14-15(10-13)18(22)19(2)17(14)21/h3-8,10-11H,9H2,1-2H3. The van der Waals surface area contributed by atoms with Gasteiger partial charge in [0.25, 0.3) is 21.8 Å². The summed E-state index contributed by atoms with van der Waals surface area (Å²) in [5.41, 5.74) is 2.01. The highest BCUT2D eigenvalue weighted by Crippen LogP contribution is 2.37. The van der Waals surface area contributed by atoms with Crippen LogP contribution in [0.5, 0.6) is 0 Å². The zero-order chi connectivity index (χ0) is 17.9. The van der Waals surface area contributed by atoms with E-state index in [0.717, 1.165) is 10.5 Å². The molecule has 2 amide bonds. The fourth-order valence-corrected chi connectivity index (χ4v) is 5.24. The molecule has 1 unspecified atom stereocenters. The lowest BCUT2D eigenvalue weighted by molar-refractivity contribution is 0.0693. The van der Waals surface area contributed by atoms with Gasteiger partial charge in [-0.15, -0.1) is 0 Å². The molecular weight excluding hydrogens is 340 g/mol. The highest BCUT2D eigenvalue weighted by molar-refractivity contribution is 7.92. The van der Waals surface area contributed by atoms with Crippen LogP contribution in [-0.4, -0.2) is 38.2 Å². The molecule has 4 rings (SSSR count). The number of para-hydroxylation sites is 1. The van der Waals surface area contributed by atoms with Gasteiger partial charge in [-0.3, -0.25) is 18.8 Å². The van der Waals surface area contributed by atoms with E-state index in [9.17, 15) is 18.0 Å². The Labute approximate surface area is 145 Å². The quantitative estimate of drug-likeness (QED) is 0.772. The van der Waals surface area contributed by atoms with Crippen LogP contribution in [0.1, 0.15) is 33.2 Å². The summed E-state index contributed by atoms with van der Waals surface area (Å²) in [6, 6.07) is 11.3. The van der Waals surface area contributed by atoms with Crippen molar-refractivity contribution in [1.82, 2.24) is 4.90 Å². The molecule has 6 nitrogen and oxygen atoms in total. The van der Waals surface area contributed by atoms with E-state index < -0.39 is 21.8 Å². The van der Waals surface area contributed by atoms with Crippen molar-refractivity contribution in [3.05, 3.63) is 59.2 Å². The van der Waals surface area contributed by atoms with E-state index in [1.54, 1.807) is 12.1 Å². The SMILES string of the molecule is CC1Cc2ccccc2N1S(=O)(=O)c1ccc2c(c1)C(=O)N(C)C2=O. The van der Waals surface area contributed by atoms with Crippen LogP contribution in [-0.2, 0) is 16.4 Å². The third-order valence-corrected chi connectivity index (χ3v) is 6.69. The average molecular weight is 356 g/mol. The summed E-state index contributed by atoms with van der Waals surface area (Å²) in [5, 5.41) is 0. The molecule has 0 aliphatic carbocycles. The van der Waals surface area contributed by atoms with Gasteiger partial charge in [-0.2, -0.15) is 0 Å². The number of nitrogens with zero attached hydrogens (tertiary/aromatic N) is 2. The highest BCUT2D eigenvalue weighted by Gasteiger charge is 2.38. The second-order valence-corrected chi connectivity index (χ2v) is 8.17. The van der Waals surface area contributed by atoms with Gasteiger partial charge >= 0.3 is 0 Å². The lowest BCUT2D eigenvalue weighted by atomic mass is 10.1. The molecule has 0 fully saturated rings. The van der Waals surface area contributed by atoms with Crippen LogP contribution < -0.4 is 4.31 Å². The Morgan fingerprint density at radius 1 is 1.00 bits per heavy atom. The minimum atomic E-state index is -3.83. The highest BCUT2D eigenvalue weighted by atomic mass is 32.2. The van der Waals surface area contributed by atoms with Crippen LogP contribution >= 0.6 is 0 Å². The Hall–Kier alpha value is -2.67. The van der Waals surface area contributed by atoms with Gasteiger partial charge in [-0.25, -0.2) is 8.42 Å². The lowest BCUT2D eigenvalue weighted by Crippen LogP contribution is -2.35. The topological polar surface area (TPSA) is 74.8 Å². The van der Waals surface area contributed by atoms with Gasteiger partial charge in [0.2, 0.25) is 0 Å². The molecule has 0 saturated heterocycles. The second kappa shape index (κ2) is 5.16. The van der Waals surface area contributed by atoms with Crippen LogP contribution in [0.15, 0.2) is 47.4 Å². The van der Waals surface area contributed by atoms with E-state index >= 15 is 0 Å². The number of carbonyl (C=O) groups is 2. The summed E-state index contributed by atoms with van der Waals surface area (Å²) in [6.45, 7) is 1.85. The van der Waals surface area contributed by atoms with Gasteiger partial charge < -0.3 is 0 Å². The molecule has 0 radical (unpaired) electrons. The molecule has 2 aliphatic rings. The predicted octanol–water partition coefficient (Wildman–Crippen LogP) is 2.05. The number of imide groups is 1. The number of anilines is 1. The molecule has 0 aromatic heterocycles. The Balaban J connectivity index is 1.83. The molecule has 7 heteroatoms. The summed E-state index contributed by atoms with van der Waals surface area (Å²) in [4.78, 5) is 25.2. The van der Waals surface area contributed by atoms with E-state index in [2.05, 4.69) is 0 Å². The minimum absolute atomic E-state index is 0.0197. The van der Waals surface area contributed by atoms with Gasteiger partial charge in [-0.1, -0.05) is 18.2 Å². The van der Waals surface area contributed by atoms with E-state index in [1.807, 2.05) is 19.1 Å². The molecule has 2 aliphatic heterocycles. The minimum Gasteiger partial charge on any atom is -0.277 e. The molecule has 0 bridgehead atoms. The van der Waals surface area contributed by atoms with E-state index in [0.29, 0.717) is 12.1 Å². The van der Waals surface area contributed by atoms with Crippen LogP contribution in [0.2, 0.25) is 0 Å². The Morgan fingerprint density at radius 3 is 2.44 bits per heavy atom. The van der Waals surface area contributed by atoms with Gasteiger partial charge in [-0.05, 0) is 43.2 Å². The first-order valence-corrected chi connectivity index (χ1v) is 9.35. The van der Waals surface area contributed by atoms with Gasteiger partial charge in [0.1, 0.15) is 0 Å². The van der Waals surface area contributed by atoms with Crippen LogP contribution in [0.4, 0.5) is 5.69 Å². The maximum Gasteiger partial charge on any atom is 0.264 e. The molecular formula is C18H16N2O4S. The number of fused-ring (bicyclic) bond motifs is 2. The van der Waals surface area contributed by atoms with Crippen molar-refractivity contribution in [1.29, 1.82) is 0 Å². The Bertz CT molecular complexity index is 1030. The summed E-state index contributed by atoms with van der Waals surface area (Å²) in [5.74, 6) is -0.893. The number of benzene rings is 2. The molecule has 0 saturated carbocycles. The fourth-order valence-electron chi connectivity index (χ4n) is 3.52. The zero-order valence-corrected chi connectivity index (χ0v) is 14.6. The summed E-state index contributed by atoms with van der Waals surface area (Å²) < 4.78 is 27.8. The maximum atomic E-state index is 13.2. The molecule has 2 heterocycles. The van der Waals surface area contributed by atoms with Gasteiger partial charge in [0.05, 0.1) is 21.7 Å². The van der Waals surface area contributed by atoms with E-state index in [1.165, 1.54) is 29.6 Å². The summed E-state index contributed by atoms with van der Waals surface area (Å²) >= 11 is 0. The summed E-state index contributed by atoms with van der Waals surface area (Å²) in [6.07, 6.45) is 0.639. The zero-order valence-electron chi connectivity index (χ0n) is 13.8. The van der Waals surface area contributed by atoms with Crippen molar-refractivity contribution in [2.24, 2.45) is 0 Å². The first kappa shape index (κ1) is 15.8. The van der Waals surface area contributed by atoms with Crippen molar-refractivity contribution < 1.29 is 18.0 Å². The third kappa shape index (κ3) is 2.12. The number of rotatable bonds is 2. The normalized spacial score (nSPS) is 19.4. The molecule has 1 atom stereocenters. The van der Waals surface area contributed by atoms with Crippen LogP contribution in [0.3, 0.4) is 0 Å². The van der Waals surface area contributed by atoms with Gasteiger partial charge in [0, 0.05) is 13.1 Å². The maximum absolute atomic E-state index is 13.2. The van der Waals surface area contributed by atoms with E-state index in [4.69, 9.17) is 0 Å². The number of hydrogen-bond donors (Lipinski definition) is 0. The van der Waals surface area contributed by atoms with Crippen LogP contribution in [0.25, 0.3) is 0 Å². The van der Waals surface area contributed by atoms with Gasteiger partial charge in [0.15, 0.2) is 0 Å². The van der Waals surface area contributed by atoms with Crippen molar-refractivity contribution >= 4 is 27.5 Å². The number of hydrogen-bond acceptors (Lipinski definition) is 4. The smallest absolute Gasteiger partial charge is 0.264 e. The van der Waals surface area contributed by atoms with Crippen molar-refractivity contribution in [2.45, 2.75) is 24.3 Å². The first-order chi connectivity index (χ1) is 11.8. The summed E-state index contributed by atoms with van der Waals surface area (Å²) in [7, 11) is -2.44. The Morgan fingerprint density at radius 2 is 1.68 bits per heavy atom. The Kier molecular flexibility index (Phi) is 3.27. The number of sulfonamides is 1. The van der Waals surface area contributed by atoms with E-state index in [-0.39, 0.29) is 22.1 Å². The molecule has 0 spiro atoms.